The van der Waals surface area contributed by atoms with Gasteiger partial charge in [0, 0.05) is 27.8 Å². The molecule has 0 aromatic rings. The second kappa shape index (κ2) is 4.76. The minimum absolute atomic E-state index is 0.334. The monoisotopic (exact) mass is 260 g/mol. The van der Waals surface area contributed by atoms with Crippen molar-refractivity contribution in [3.63, 3.8) is 0 Å². The Bertz CT molecular complexity index is 72.6. The van der Waals surface area contributed by atoms with Gasteiger partial charge in [-0.25, -0.2) is 0 Å². The molecule has 1 fully saturated rings. The molecule has 0 N–H and O–H groups in total. The predicted octanol–water partition coefficient (Wildman–Crippen LogP) is 2.18. The molecular weight excluding hydrogens is 251 g/mol. The van der Waals surface area contributed by atoms with Crippen molar-refractivity contribution in [1.29, 1.82) is 0 Å². The standard InChI is InChI=1S/C5H9IO2S/c6-9-8-5-2-1-3-7-4-5/h5H,1-4H2/t5-/m1/s1. The van der Waals surface area contributed by atoms with Gasteiger partial charge in [-0.15, -0.1) is 0 Å². The number of halogens is 1. The van der Waals surface area contributed by atoms with Gasteiger partial charge in [0.25, 0.3) is 0 Å². The summed E-state index contributed by atoms with van der Waals surface area (Å²) in [5.41, 5.74) is 0. The van der Waals surface area contributed by atoms with Gasteiger partial charge < -0.3 is 4.74 Å². The van der Waals surface area contributed by atoms with Crippen LogP contribution in [0.4, 0.5) is 0 Å². The number of hydrogen-bond acceptors (Lipinski definition) is 3. The lowest BCUT2D eigenvalue weighted by Gasteiger charge is -2.19. The van der Waals surface area contributed by atoms with Gasteiger partial charge in [0.05, 0.1) is 21.9 Å². The topological polar surface area (TPSA) is 18.5 Å². The molecule has 0 amide bonds. The average molecular weight is 260 g/mol. The van der Waals surface area contributed by atoms with Crippen molar-refractivity contribution >= 4 is 30.4 Å². The highest BCUT2D eigenvalue weighted by Crippen LogP contribution is 2.20. The molecule has 1 heterocycles. The van der Waals surface area contributed by atoms with E-state index in [4.69, 9.17) is 8.92 Å². The molecule has 0 aromatic carbocycles. The molecule has 0 spiro atoms. The van der Waals surface area contributed by atoms with Gasteiger partial charge in [0.15, 0.2) is 0 Å². The zero-order valence-corrected chi connectivity index (χ0v) is 7.98. The maximum absolute atomic E-state index is 5.26. The maximum Gasteiger partial charge on any atom is 0.0965 e. The Kier molecular flexibility index (Phi) is 4.28. The van der Waals surface area contributed by atoms with Crippen LogP contribution in [0.25, 0.3) is 0 Å². The van der Waals surface area contributed by atoms with E-state index in [1.807, 2.05) is 0 Å². The summed E-state index contributed by atoms with van der Waals surface area (Å²) >= 11 is 2.13. The van der Waals surface area contributed by atoms with E-state index in [1.54, 1.807) is 0 Å². The molecular formula is C5H9IO2S. The molecule has 0 aliphatic carbocycles. The van der Waals surface area contributed by atoms with Crippen molar-refractivity contribution in [1.82, 2.24) is 0 Å². The summed E-state index contributed by atoms with van der Waals surface area (Å²) in [6.07, 6.45) is 2.62. The molecule has 1 atom stereocenters. The predicted molar refractivity (Wildman–Crippen MR) is 46.5 cm³/mol. The fraction of sp³-hybridized carbons (Fsp3) is 1.00. The van der Waals surface area contributed by atoms with Crippen molar-refractivity contribution in [3.05, 3.63) is 0 Å². The van der Waals surface area contributed by atoms with Gasteiger partial charge in [-0.1, -0.05) is 0 Å². The molecule has 0 radical (unpaired) electrons. The third kappa shape index (κ3) is 3.06. The highest BCUT2D eigenvalue weighted by Gasteiger charge is 2.13. The van der Waals surface area contributed by atoms with Gasteiger partial charge in [-0.05, 0) is 12.8 Å². The van der Waals surface area contributed by atoms with E-state index in [-0.39, 0.29) is 0 Å². The lowest BCUT2D eigenvalue weighted by molar-refractivity contribution is 0.0175. The first-order valence-electron chi connectivity index (χ1n) is 2.95. The Morgan fingerprint density at radius 3 is 3.11 bits per heavy atom. The first-order valence-corrected chi connectivity index (χ1v) is 6.23. The molecule has 9 heavy (non-hydrogen) atoms. The lowest BCUT2D eigenvalue weighted by atomic mass is 10.2. The van der Waals surface area contributed by atoms with Crippen LogP contribution in [-0.2, 0) is 8.92 Å². The summed E-state index contributed by atoms with van der Waals surface area (Å²) in [4.78, 5) is 0. The van der Waals surface area contributed by atoms with Crippen LogP contribution in [0, 0.1) is 0 Å². The Labute approximate surface area is 71.5 Å². The van der Waals surface area contributed by atoms with Crippen molar-refractivity contribution in [2.24, 2.45) is 0 Å². The minimum Gasteiger partial charge on any atom is -0.379 e. The highest BCUT2D eigenvalue weighted by molar-refractivity contribution is 14.2. The number of rotatable bonds is 2. The van der Waals surface area contributed by atoms with Gasteiger partial charge in [0.2, 0.25) is 0 Å². The molecule has 54 valence electrons. The van der Waals surface area contributed by atoms with E-state index in [9.17, 15) is 0 Å². The summed E-state index contributed by atoms with van der Waals surface area (Å²) in [7, 11) is 1.40. The summed E-state index contributed by atoms with van der Waals surface area (Å²) in [6, 6.07) is 0. The smallest absolute Gasteiger partial charge is 0.0965 e. The quantitative estimate of drug-likeness (QED) is 0.560. The molecule has 0 unspecified atom stereocenters. The van der Waals surface area contributed by atoms with Crippen LogP contribution in [-0.4, -0.2) is 19.3 Å². The van der Waals surface area contributed by atoms with E-state index >= 15 is 0 Å². The molecule has 0 bridgehead atoms. The Hall–Kier alpha value is 1.00. The van der Waals surface area contributed by atoms with Gasteiger partial charge in [-0.2, -0.15) is 0 Å². The van der Waals surface area contributed by atoms with E-state index in [2.05, 4.69) is 21.2 Å². The zero-order valence-electron chi connectivity index (χ0n) is 5.01. The summed E-state index contributed by atoms with van der Waals surface area (Å²) in [6.45, 7) is 1.68. The van der Waals surface area contributed by atoms with Crippen LogP contribution >= 0.6 is 30.4 Å². The normalized spacial score (nSPS) is 28.3. The minimum atomic E-state index is 0.334. The second-order valence-electron chi connectivity index (χ2n) is 2.00. The van der Waals surface area contributed by atoms with Crippen LogP contribution in [0.3, 0.4) is 0 Å². The summed E-state index contributed by atoms with van der Waals surface area (Å²) < 4.78 is 10.5. The molecule has 1 aliphatic heterocycles. The number of hydrogen-bond donors (Lipinski definition) is 0. The first kappa shape index (κ1) is 8.10. The molecule has 1 aliphatic rings. The molecule has 1 saturated heterocycles. The SMILES string of the molecule is ISO[C@@H]1CCCOC1. The van der Waals surface area contributed by atoms with Crippen LogP contribution in [0.1, 0.15) is 12.8 Å². The van der Waals surface area contributed by atoms with Crippen molar-refractivity contribution in [2.75, 3.05) is 13.2 Å². The van der Waals surface area contributed by atoms with E-state index < -0.39 is 0 Å². The molecule has 4 heteroatoms. The second-order valence-corrected chi connectivity index (χ2v) is 3.40. The van der Waals surface area contributed by atoms with E-state index in [0.717, 1.165) is 26.1 Å². The fourth-order valence-corrected chi connectivity index (χ4v) is 1.97. The van der Waals surface area contributed by atoms with E-state index in [1.165, 1.54) is 9.21 Å². The van der Waals surface area contributed by atoms with Crippen LogP contribution in [0.15, 0.2) is 0 Å². The number of ether oxygens (including phenoxy) is 1. The highest BCUT2D eigenvalue weighted by atomic mass is 127. The molecule has 0 saturated carbocycles. The van der Waals surface area contributed by atoms with Gasteiger partial charge in [0.1, 0.15) is 0 Å². The zero-order chi connectivity index (χ0) is 6.53. The molecule has 2 nitrogen and oxygen atoms in total. The van der Waals surface area contributed by atoms with Gasteiger partial charge in [-0.3, -0.25) is 4.18 Å². The van der Waals surface area contributed by atoms with Crippen LogP contribution < -0.4 is 0 Å². The van der Waals surface area contributed by atoms with Crippen molar-refractivity contribution in [3.8, 4) is 0 Å². The van der Waals surface area contributed by atoms with Crippen molar-refractivity contribution in [2.45, 2.75) is 18.9 Å². The lowest BCUT2D eigenvalue weighted by Crippen LogP contribution is -2.22. The maximum atomic E-state index is 5.26. The Balaban J connectivity index is 2.08. The summed E-state index contributed by atoms with van der Waals surface area (Å²) in [5, 5.41) is 0. The molecule has 0 aromatic heterocycles. The van der Waals surface area contributed by atoms with Crippen LogP contribution in [0.5, 0.6) is 0 Å². The third-order valence-corrected chi connectivity index (χ3v) is 2.26. The fourth-order valence-electron chi connectivity index (χ4n) is 0.839. The van der Waals surface area contributed by atoms with E-state index in [0.29, 0.717) is 6.10 Å². The van der Waals surface area contributed by atoms with Gasteiger partial charge >= 0.3 is 0 Å². The largest absolute Gasteiger partial charge is 0.379 e. The van der Waals surface area contributed by atoms with Crippen LogP contribution in [0.2, 0.25) is 0 Å². The Morgan fingerprint density at radius 2 is 2.56 bits per heavy atom. The molecule has 1 rings (SSSR count). The Morgan fingerprint density at radius 1 is 1.67 bits per heavy atom. The third-order valence-electron chi connectivity index (χ3n) is 1.29. The first-order chi connectivity index (χ1) is 4.43. The van der Waals surface area contributed by atoms with Crippen molar-refractivity contribution < 1.29 is 8.92 Å². The summed E-state index contributed by atoms with van der Waals surface area (Å²) in [5.74, 6) is 0. The average Bonchev–Trinajstić information content (AvgIpc) is 1.91.